The minimum atomic E-state index is 0.547. The summed E-state index contributed by atoms with van der Waals surface area (Å²) in [5, 5.41) is 4.10. The van der Waals surface area contributed by atoms with Crippen LogP contribution in [0.4, 0.5) is 0 Å². The molecule has 0 aromatic heterocycles. The molecule has 0 amide bonds. The molecule has 3 unspecified atom stereocenters. The Morgan fingerprint density at radius 3 is 2.15 bits per heavy atom. The van der Waals surface area contributed by atoms with Gasteiger partial charge in [-0.3, -0.25) is 0 Å². The fourth-order valence-electron chi connectivity index (χ4n) is 5.61. The highest BCUT2D eigenvalue weighted by Crippen LogP contribution is 2.65. The van der Waals surface area contributed by atoms with E-state index in [1.807, 2.05) is 0 Å². The lowest BCUT2D eigenvalue weighted by Crippen LogP contribution is -2.52. The lowest BCUT2D eigenvalue weighted by molar-refractivity contribution is 0.103. The molecule has 3 atom stereocenters. The highest BCUT2D eigenvalue weighted by atomic mass is 15.2. The van der Waals surface area contributed by atoms with Crippen LogP contribution in [-0.2, 0) is 0 Å². The van der Waals surface area contributed by atoms with E-state index in [0.717, 1.165) is 24.0 Å². The number of fused-ring (bicyclic) bond motifs is 2. The van der Waals surface area contributed by atoms with Gasteiger partial charge in [-0.05, 0) is 74.8 Å². The molecule has 1 saturated heterocycles. The average molecular weight is 276 g/mol. The van der Waals surface area contributed by atoms with Gasteiger partial charge in [0, 0.05) is 18.1 Å². The lowest BCUT2D eigenvalue weighted by Gasteiger charge is -2.42. The molecule has 1 N–H and O–H groups in total. The summed E-state index contributed by atoms with van der Waals surface area (Å²) in [6.07, 6.45) is 10.1. The van der Waals surface area contributed by atoms with Crippen LogP contribution in [0.2, 0.25) is 0 Å². The molecule has 1 heterocycles. The maximum atomic E-state index is 4.10. The third-order valence-electron chi connectivity index (χ3n) is 7.82. The van der Waals surface area contributed by atoms with Crippen molar-refractivity contribution in [2.24, 2.45) is 16.7 Å². The van der Waals surface area contributed by atoms with E-state index in [9.17, 15) is 0 Å². The van der Waals surface area contributed by atoms with Crippen LogP contribution in [0, 0.1) is 16.7 Å². The molecule has 4 fully saturated rings. The average Bonchev–Trinajstić information content (AvgIpc) is 3.21. The molecule has 2 bridgehead atoms. The normalized spacial score (nSPS) is 45.1. The van der Waals surface area contributed by atoms with E-state index in [4.69, 9.17) is 0 Å². The first-order valence-electron chi connectivity index (χ1n) is 9.01. The quantitative estimate of drug-likeness (QED) is 0.850. The van der Waals surface area contributed by atoms with Crippen LogP contribution in [0.1, 0.15) is 65.7 Å². The lowest BCUT2D eigenvalue weighted by atomic mass is 9.69. The molecule has 0 spiro atoms. The summed E-state index contributed by atoms with van der Waals surface area (Å²) in [6, 6.07) is 2.55. The predicted molar refractivity (Wildman–Crippen MR) is 83.8 cm³/mol. The zero-order chi connectivity index (χ0) is 14.0. The Bertz CT molecular complexity index is 379. The van der Waals surface area contributed by atoms with Gasteiger partial charge in [-0.2, -0.15) is 0 Å². The summed E-state index contributed by atoms with van der Waals surface area (Å²) < 4.78 is 0. The summed E-state index contributed by atoms with van der Waals surface area (Å²) in [5.74, 6) is 0.969. The summed E-state index contributed by atoms with van der Waals surface area (Å²) in [6.45, 7) is 10.3. The number of likely N-dealkylation sites (tertiary alicyclic amines) is 1. The minimum Gasteiger partial charge on any atom is -0.311 e. The smallest absolute Gasteiger partial charge is 0.0131 e. The molecule has 3 aliphatic carbocycles. The van der Waals surface area contributed by atoms with Gasteiger partial charge in [0.25, 0.3) is 0 Å². The number of hydrogen-bond donors (Lipinski definition) is 1. The molecule has 2 nitrogen and oxygen atoms in total. The molecule has 2 heteroatoms. The first-order valence-corrected chi connectivity index (χ1v) is 9.01. The van der Waals surface area contributed by atoms with Crippen molar-refractivity contribution in [3.05, 3.63) is 0 Å². The van der Waals surface area contributed by atoms with Crippen molar-refractivity contribution in [2.75, 3.05) is 13.1 Å². The number of nitrogens with one attached hydrogen (secondary N) is 1. The van der Waals surface area contributed by atoms with Crippen molar-refractivity contribution >= 4 is 0 Å². The number of nitrogens with zero attached hydrogens (tertiary/aromatic N) is 1. The molecule has 1 aliphatic heterocycles. The summed E-state index contributed by atoms with van der Waals surface area (Å²) in [4.78, 5) is 2.74. The Morgan fingerprint density at radius 2 is 1.65 bits per heavy atom. The molecular weight excluding hydrogens is 244 g/mol. The molecule has 0 radical (unpaired) electrons. The van der Waals surface area contributed by atoms with Crippen molar-refractivity contribution < 1.29 is 0 Å². The van der Waals surface area contributed by atoms with Gasteiger partial charge in [0.05, 0.1) is 0 Å². The van der Waals surface area contributed by atoms with Crippen LogP contribution in [0.15, 0.2) is 0 Å². The SMILES string of the molecule is CC1(C)C2CCC1(C)C(NC1CCN(C3CC3)CC1)C2. The molecule has 114 valence electrons. The van der Waals surface area contributed by atoms with E-state index in [-0.39, 0.29) is 0 Å². The first kappa shape index (κ1) is 13.6. The van der Waals surface area contributed by atoms with E-state index in [2.05, 4.69) is 31.0 Å². The van der Waals surface area contributed by atoms with Gasteiger partial charge in [0.15, 0.2) is 0 Å². The zero-order valence-electron chi connectivity index (χ0n) is 13.6. The largest absolute Gasteiger partial charge is 0.311 e. The van der Waals surface area contributed by atoms with E-state index < -0.39 is 0 Å². The van der Waals surface area contributed by atoms with E-state index >= 15 is 0 Å². The maximum absolute atomic E-state index is 4.10. The second kappa shape index (κ2) is 4.46. The Balaban J connectivity index is 1.36. The Morgan fingerprint density at radius 1 is 0.950 bits per heavy atom. The predicted octanol–water partition coefficient (Wildman–Crippen LogP) is 3.42. The highest BCUT2D eigenvalue weighted by molar-refractivity contribution is 5.13. The molecule has 0 aromatic rings. The van der Waals surface area contributed by atoms with Gasteiger partial charge in [-0.1, -0.05) is 20.8 Å². The second-order valence-electron chi connectivity index (χ2n) is 8.87. The van der Waals surface area contributed by atoms with Gasteiger partial charge in [0.2, 0.25) is 0 Å². The van der Waals surface area contributed by atoms with Crippen LogP contribution in [0.5, 0.6) is 0 Å². The van der Waals surface area contributed by atoms with Gasteiger partial charge >= 0.3 is 0 Å². The Labute approximate surface area is 124 Å². The fourth-order valence-corrected chi connectivity index (χ4v) is 5.61. The van der Waals surface area contributed by atoms with Gasteiger partial charge in [0.1, 0.15) is 0 Å². The maximum Gasteiger partial charge on any atom is 0.0131 e. The van der Waals surface area contributed by atoms with Crippen LogP contribution < -0.4 is 5.32 Å². The van der Waals surface area contributed by atoms with Crippen molar-refractivity contribution in [1.29, 1.82) is 0 Å². The third-order valence-corrected chi connectivity index (χ3v) is 7.82. The Hall–Kier alpha value is -0.0800. The van der Waals surface area contributed by atoms with Gasteiger partial charge < -0.3 is 10.2 Å². The molecule has 20 heavy (non-hydrogen) atoms. The molecule has 0 aromatic carbocycles. The van der Waals surface area contributed by atoms with Crippen molar-refractivity contribution in [1.82, 2.24) is 10.2 Å². The monoisotopic (exact) mass is 276 g/mol. The van der Waals surface area contributed by atoms with Crippen LogP contribution in [0.25, 0.3) is 0 Å². The van der Waals surface area contributed by atoms with Crippen LogP contribution >= 0.6 is 0 Å². The summed E-state index contributed by atoms with van der Waals surface area (Å²) in [5.41, 5.74) is 1.10. The molecule has 3 saturated carbocycles. The highest BCUT2D eigenvalue weighted by Gasteiger charge is 2.61. The fraction of sp³-hybridized carbons (Fsp3) is 1.00. The number of rotatable bonds is 3. The number of hydrogen-bond acceptors (Lipinski definition) is 2. The third kappa shape index (κ3) is 1.90. The minimum absolute atomic E-state index is 0.547. The first-order chi connectivity index (χ1) is 9.50. The van der Waals surface area contributed by atoms with Crippen LogP contribution in [-0.4, -0.2) is 36.1 Å². The Kier molecular flexibility index (Phi) is 3.03. The zero-order valence-corrected chi connectivity index (χ0v) is 13.6. The van der Waals surface area contributed by atoms with Crippen LogP contribution in [0.3, 0.4) is 0 Å². The molecule has 4 rings (SSSR count). The van der Waals surface area contributed by atoms with Crippen molar-refractivity contribution in [2.45, 2.75) is 83.8 Å². The van der Waals surface area contributed by atoms with E-state index in [1.165, 1.54) is 58.0 Å². The molecular formula is C18H32N2. The van der Waals surface area contributed by atoms with Gasteiger partial charge in [-0.15, -0.1) is 0 Å². The second-order valence-corrected chi connectivity index (χ2v) is 8.87. The summed E-state index contributed by atoms with van der Waals surface area (Å²) in [7, 11) is 0. The van der Waals surface area contributed by atoms with Crippen molar-refractivity contribution in [3.63, 3.8) is 0 Å². The summed E-state index contributed by atoms with van der Waals surface area (Å²) >= 11 is 0. The standard InChI is InChI=1S/C18H32N2/c1-17(2)13-6-9-18(17,3)16(12-13)19-14-7-10-20(11-8-14)15-4-5-15/h13-16,19H,4-12H2,1-3H3. The van der Waals surface area contributed by atoms with E-state index in [0.29, 0.717) is 10.8 Å². The van der Waals surface area contributed by atoms with Gasteiger partial charge in [-0.25, -0.2) is 0 Å². The molecule has 4 aliphatic rings. The van der Waals surface area contributed by atoms with E-state index in [1.54, 1.807) is 0 Å². The topological polar surface area (TPSA) is 15.3 Å². The number of piperidine rings is 1. The van der Waals surface area contributed by atoms with Crippen molar-refractivity contribution in [3.8, 4) is 0 Å².